The van der Waals surface area contributed by atoms with Crippen LogP contribution in [0.3, 0.4) is 0 Å². The normalized spacial score (nSPS) is 25.1. The predicted octanol–water partition coefficient (Wildman–Crippen LogP) is 1.89. The van der Waals surface area contributed by atoms with Gasteiger partial charge in [-0.25, -0.2) is 0 Å². The number of rotatable bonds is 4. The molecule has 2 atom stereocenters. The van der Waals surface area contributed by atoms with Crippen molar-refractivity contribution in [2.24, 2.45) is 5.92 Å². The third kappa shape index (κ3) is 3.32. The summed E-state index contributed by atoms with van der Waals surface area (Å²) in [4.78, 5) is 11.3. The average Bonchev–Trinajstić information content (AvgIpc) is 2.54. The highest BCUT2D eigenvalue weighted by Crippen LogP contribution is 2.31. The Balaban J connectivity index is 2.65. The zero-order chi connectivity index (χ0) is 12.3. The number of ether oxygens (including phenoxy) is 3. The largest absolute Gasteiger partial charge is 0.469 e. The summed E-state index contributed by atoms with van der Waals surface area (Å²) in [7, 11) is 1.38. The summed E-state index contributed by atoms with van der Waals surface area (Å²) in [6, 6.07) is 0. The molecule has 0 N–H and O–H groups in total. The van der Waals surface area contributed by atoms with Gasteiger partial charge in [0.1, 0.15) is 0 Å². The maximum Gasteiger partial charge on any atom is 0.306 e. The molecule has 1 saturated heterocycles. The molecular weight excluding hydrogens is 208 g/mol. The van der Waals surface area contributed by atoms with Crippen LogP contribution in [0.1, 0.15) is 27.2 Å². The van der Waals surface area contributed by atoms with Crippen LogP contribution in [0.4, 0.5) is 0 Å². The summed E-state index contributed by atoms with van der Waals surface area (Å²) in [6.45, 7) is 9.99. The van der Waals surface area contributed by atoms with Crippen molar-refractivity contribution in [3.8, 4) is 0 Å². The van der Waals surface area contributed by atoms with E-state index in [0.717, 1.165) is 5.57 Å². The third-order valence-electron chi connectivity index (χ3n) is 2.73. The number of carbonyl (C=O) groups excluding carboxylic acids is 1. The van der Waals surface area contributed by atoms with E-state index in [2.05, 4.69) is 11.3 Å². The molecule has 0 radical (unpaired) electrons. The van der Waals surface area contributed by atoms with Gasteiger partial charge in [0.25, 0.3) is 0 Å². The summed E-state index contributed by atoms with van der Waals surface area (Å²) in [5.41, 5.74) is 0.914. The Morgan fingerprint density at radius 1 is 1.62 bits per heavy atom. The molecule has 0 aromatic carbocycles. The molecule has 1 fully saturated rings. The molecule has 1 rings (SSSR count). The predicted molar refractivity (Wildman–Crippen MR) is 59.8 cm³/mol. The van der Waals surface area contributed by atoms with Crippen LogP contribution in [-0.4, -0.2) is 31.6 Å². The first-order chi connectivity index (χ1) is 7.35. The Hall–Kier alpha value is -0.870. The molecule has 1 aliphatic rings. The summed E-state index contributed by atoms with van der Waals surface area (Å²) in [5, 5.41) is 0. The summed E-state index contributed by atoms with van der Waals surface area (Å²) in [6.07, 6.45) is 0.169. The van der Waals surface area contributed by atoms with Crippen LogP contribution in [-0.2, 0) is 19.0 Å². The Morgan fingerprint density at radius 2 is 2.25 bits per heavy atom. The quantitative estimate of drug-likeness (QED) is 0.544. The fourth-order valence-corrected chi connectivity index (χ4v) is 1.80. The van der Waals surface area contributed by atoms with Gasteiger partial charge < -0.3 is 14.2 Å². The van der Waals surface area contributed by atoms with Crippen LogP contribution in [0.2, 0.25) is 0 Å². The molecule has 0 aromatic rings. The highest BCUT2D eigenvalue weighted by Gasteiger charge is 2.38. The van der Waals surface area contributed by atoms with Gasteiger partial charge in [0.2, 0.25) is 0 Å². The van der Waals surface area contributed by atoms with Crippen LogP contribution < -0.4 is 0 Å². The zero-order valence-corrected chi connectivity index (χ0v) is 10.4. The van der Waals surface area contributed by atoms with E-state index in [9.17, 15) is 4.79 Å². The van der Waals surface area contributed by atoms with Gasteiger partial charge >= 0.3 is 5.97 Å². The van der Waals surface area contributed by atoms with Crippen molar-refractivity contribution in [3.63, 3.8) is 0 Å². The minimum Gasteiger partial charge on any atom is -0.469 e. The number of hydrogen-bond acceptors (Lipinski definition) is 4. The molecule has 0 unspecified atom stereocenters. The van der Waals surface area contributed by atoms with E-state index in [1.54, 1.807) is 0 Å². The Labute approximate surface area is 96.6 Å². The van der Waals surface area contributed by atoms with Gasteiger partial charge in [-0.2, -0.15) is 0 Å². The second kappa shape index (κ2) is 4.97. The SMILES string of the molecule is C=C(C)[C@H](CC(=O)OC)[C@H]1COC(C)(C)O1. The molecule has 1 heterocycles. The van der Waals surface area contributed by atoms with Crippen LogP contribution >= 0.6 is 0 Å². The highest BCUT2D eigenvalue weighted by molar-refractivity contribution is 5.70. The molecule has 0 bridgehead atoms. The number of carbonyl (C=O) groups is 1. The van der Waals surface area contributed by atoms with Crippen LogP contribution in [0.25, 0.3) is 0 Å². The maximum absolute atomic E-state index is 11.3. The van der Waals surface area contributed by atoms with Crippen LogP contribution in [0.5, 0.6) is 0 Å². The van der Waals surface area contributed by atoms with Gasteiger partial charge in [0.15, 0.2) is 5.79 Å². The smallest absolute Gasteiger partial charge is 0.306 e. The molecular formula is C12H20O4. The molecule has 0 aliphatic carbocycles. The second-order valence-corrected chi connectivity index (χ2v) is 4.60. The van der Waals surface area contributed by atoms with Crippen molar-refractivity contribution < 1.29 is 19.0 Å². The van der Waals surface area contributed by atoms with Gasteiger partial charge in [-0.1, -0.05) is 12.2 Å². The first kappa shape index (κ1) is 13.2. The van der Waals surface area contributed by atoms with Gasteiger partial charge in [0.05, 0.1) is 26.2 Å². The fourth-order valence-electron chi connectivity index (χ4n) is 1.80. The van der Waals surface area contributed by atoms with Crippen molar-refractivity contribution >= 4 is 5.97 Å². The second-order valence-electron chi connectivity index (χ2n) is 4.60. The van der Waals surface area contributed by atoms with Gasteiger partial charge in [-0.15, -0.1) is 0 Å². The average molecular weight is 228 g/mol. The van der Waals surface area contributed by atoms with Gasteiger partial charge in [0, 0.05) is 5.92 Å². The zero-order valence-electron chi connectivity index (χ0n) is 10.4. The summed E-state index contributed by atoms with van der Waals surface area (Å²) < 4.78 is 15.9. The minimum absolute atomic E-state index is 0.0470. The van der Waals surface area contributed by atoms with Crippen LogP contribution in [0.15, 0.2) is 12.2 Å². The first-order valence-electron chi connectivity index (χ1n) is 5.39. The van der Waals surface area contributed by atoms with Crippen molar-refractivity contribution in [2.75, 3.05) is 13.7 Å². The van der Waals surface area contributed by atoms with Gasteiger partial charge in [-0.05, 0) is 20.8 Å². The Kier molecular flexibility index (Phi) is 4.10. The van der Waals surface area contributed by atoms with Crippen molar-refractivity contribution in [3.05, 3.63) is 12.2 Å². The monoisotopic (exact) mass is 228 g/mol. The topological polar surface area (TPSA) is 44.8 Å². The lowest BCUT2D eigenvalue weighted by Crippen LogP contribution is -2.29. The number of hydrogen-bond donors (Lipinski definition) is 0. The fraction of sp³-hybridized carbons (Fsp3) is 0.750. The molecule has 0 amide bonds. The molecule has 16 heavy (non-hydrogen) atoms. The molecule has 1 aliphatic heterocycles. The van der Waals surface area contributed by atoms with Crippen molar-refractivity contribution in [1.82, 2.24) is 0 Å². The summed E-state index contributed by atoms with van der Waals surface area (Å²) in [5.74, 6) is -0.871. The van der Waals surface area contributed by atoms with Crippen LogP contribution in [0, 0.1) is 5.92 Å². The molecule has 4 nitrogen and oxygen atoms in total. The van der Waals surface area contributed by atoms with E-state index in [4.69, 9.17) is 9.47 Å². The van der Waals surface area contributed by atoms with E-state index in [1.165, 1.54) is 7.11 Å². The third-order valence-corrected chi connectivity index (χ3v) is 2.73. The molecule has 92 valence electrons. The summed E-state index contributed by atoms with van der Waals surface area (Å²) >= 11 is 0. The van der Waals surface area contributed by atoms with Crippen molar-refractivity contribution in [1.29, 1.82) is 0 Å². The lowest BCUT2D eigenvalue weighted by atomic mass is 9.92. The van der Waals surface area contributed by atoms with E-state index in [-0.39, 0.29) is 24.4 Å². The van der Waals surface area contributed by atoms with Crippen molar-refractivity contribution in [2.45, 2.75) is 39.1 Å². The molecule has 0 spiro atoms. The van der Waals surface area contributed by atoms with E-state index < -0.39 is 5.79 Å². The lowest BCUT2D eigenvalue weighted by molar-refractivity contribution is -0.150. The molecule has 4 heteroatoms. The van der Waals surface area contributed by atoms with E-state index in [0.29, 0.717) is 6.61 Å². The molecule has 0 saturated carbocycles. The van der Waals surface area contributed by atoms with E-state index >= 15 is 0 Å². The number of esters is 1. The maximum atomic E-state index is 11.3. The van der Waals surface area contributed by atoms with Gasteiger partial charge in [-0.3, -0.25) is 4.79 Å². The Bertz CT molecular complexity index is 283. The highest BCUT2D eigenvalue weighted by atomic mass is 16.7. The Morgan fingerprint density at radius 3 is 2.62 bits per heavy atom. The first-order valence-corrected chi connectivity index (χ1v) is 5.39. The minimum atomic E-state index is -0.575. The lowest BCUT2D eigenvalue weighted by Gasteiger charge is -2.23. The molecule has 0 aromatic heterocycles. The number of methoxy groups -OCH3 is 1. The van der Waals surface area contributed by atoms with E-state index in [1.807, 2.05) is 20.8 Å². The standard InChI is InChI=1S/C12H20O4/c1-8(2)9(6-11(13)14-5)10-7-15-12(3,4)16-10/h9-10H,1,6-7H2,2-5H3/t9-,10+/m0/s1.